The van der Waals surface area contributed by atoms with Crippen LogP contribution < -0.4 is 5.32 Å². The summed E-state index contributed by atoms with van der Waals surface area (Å²) in [6, 6.07) is 1.70. The molecular formula is C16H32N2. The maximum Gasteiger partial charge on any atom is 0.0573 e. The van der Waals surface area contributed by atoms with Crippen LogP contribution in [0.5, 0.6) is 0 Å². The summed E-state index contributed by atoms with van der Waals surface area (Å²) in [5, 5.41) is 3.61. The fourth-order valence-corrected chi connectivity index (χ4v) is 4.39. The molecule has 0 aromatic heterocycles. The molecule has 2 fully saturated rings. The van der Waals surface area contributed by atoms with Crippen LogP contribution in [0.15, 0.2) is 0 Å². The van der Waals surface area contributed by atoms with Gasteiger partial charge in [-0.15, -0.1) is 0 Å². The lowest BCUT2D eigenvalue weighted by Crippen LogP contribution is -2.53. The van der Waals surface area contributed by atoms with Crippen LogP contribution in [-0.2, 0) is 0 Å². The van der Waals surface area contributed by atoms with Crippen molar-refractivity contribution in [3.63, 3.8) is 0 Å². The molecule has 1 N–H and O–H groups in total. The molecule has 2 saturated heterocycles. The van der Waals surface area contributed by atoms with Gasteiger partial charge in [0.05, 0.1) is 6.17 Å². The third-order valence-electron chi connectivity index (χ3n) is 4.74. The van der Waals surface area contributed by atoms with Crippen molar-refractivity contribution in [1.82, 2.24) is 10.2 Å². The Kier molecular flexibility index (Phi) is 4.38. The van der Waals surface area contributed by atoms with E-state index < -0.39 is 0 Å². The standard InChI is InChI=1S/C16H32N2/c1-6-17-12(2)18-14-7-8-15(18)10-13(9-14)11-16(3,4)5/h12-15,17H,6-11H2,1-5H3/t12?,13-,14+,15-. The number of piperidine rings is 1. The Bertz CT molecular complexity index is 255. The molecule has 2 aliphatic rings. The summed E-state index contributed by atoms with van der Waals surface area (Å²) in [5.41, 5.74) is 0.500. The van der Waals surface area contributed by atoms with Crippen LogP contribution in [-0.4, -0.2) is 29.7 Å². The quantitative estimate of drug-likeness (QED) is 0.822. The predicted molar refractivity (Wildman–Crippen MR) is 78.6 cm³/mol. The molecule has 0 aliphatic carbocycles. The van der Waals surface area contributed by atoms with Gasteiger partial charge in [-0.1, -0.05) is 27.7 Å². The lowest BCUT2D eigenvalue weighted by molar-refractivity contribution is 0.0414. The molecule has 0 aromatic rings. The average Bonchev–Trinajstić information content (AvgIpc) is 2.49. The molecule has 2 heterocycles. The number of hydrogen-bond donors (Lipinski definition) is 1. The summed E-state index contributed by atoms with van der Waals surface area (Å²) < 4.78 is 0. The smallest absolute Gasteiger partial charge is 0.0573 e. The Morgan fingerprint density at radius 1 is 1.17 bits per heavy atom. The first-order valence-corrected chi connectivity index (χ1v) is 7.91. The van der Waals surface area contributed by atoms with Crippen molar-refractivity contribution in [2.24, 2.45) is 11.3 Å². The second-order valence-electron chi connectivity index (χ2n) is 7.67. The van der Waals surface area contributed by atoms with Gasteiger partial charge in [-0.2, -0.15) is 0 Å². The highest BCUT2D eigenvalue weighted by molar-refractivity contribution is 4.97. The van der Waals surface area contributed by atoms with Crippen molar-refractivity contribution in [2.45, 2.75) is 85.0 Å². The molecule has 0 aromatic carbocycles. The van der Waals surface area contributed by atoms with Gasteiger partial charge in [0, 0.05) is 12.1 Å². The second kappa shape index (κ2) is 5.50. The number of nitrogens with one attached hydrogen (secondary N) is 1. The van der Waals surface area contributed by atoms with Gasteiger partial charge in [-0.25, -0.2) is 0 Å². The molecule has 0 amide bonds. The lowest BCUT2D eigenvalue weighted by Gasteiger charge is -2.44. The first-order chi connectivity index (χ1) is 8.40. The maximum atomic E-state index is 3.61. The van der Waals surface area contributed by atoms with Crippen LogP contribution >= 0.6 is 0 Å². The first kappa shape index (κ1) is 14.3. The molecule has 0 spiro atoms. The fourth-order valence-electron chi connectivity index (χ4n) is 4.39. The summed E-state index contributed by atoms with van der Waals surface area (Å²) in [4.78, 5) is 2.78. The van der Waals surface area contributed by atoms with Gasteiger partial charge >= 0.3 is 0 Å². The average molecular weight is 252 g/mol. The largest absolute Gasteiger partial charge is 0.302 e. The van der Waals surface area contributed by atoms with Crippen LogP contribution in [0.4, 0.5) is 0 Å². The Morgan fingerprint density at radius 2 is 1.72 bits per heavy atom. The molecular weight excluding hydrogens is 220 g/mol. The van der Waals surface area contributed by atoms with E-state index in [9.17, 15) is 0 Å². The summed E-state index contributed by atoms with van der Waals surface area (Å²) in [6.45, 7) is 12.8. The number of nitrogens with zero attached hydrogens (tertiary/aromatic N) is 1. The van der Waals surface area contributed by atoms with Gasteiger partial charge in [0.2, 0.25) is 0 Å². The molecule has 0 radical (unpaired) electrons. The Labute approximate surface area is 114 Å². The third-order valence-corrected chi connectivity index (χ3v) is 4.74. The van der Waals surface area contributed by atoms with Crippen molar-refractivity contribution in [3.05, 3.63) is 0 Å². The van der Waals surface area contributed by atoms with E-state index in [1.165, 1.54) is 32.1 Å². The molecule has 18 heavy (non-hydrogen) atoms. The zero-order chi connectivity index (χ0) is 13.3. The summed E-state index contributed by atoms with van der Waals surface area (Å²) in [6.07, 6.45) is 7.71. The molecule has 1 unspecified atom stereocenters. The highest BCUT2D eigenvalue weighted by Crippen LogP contribution is 2.43. The van der Waals surface area contributed by atoms with E-state index in [1.54, 1.807) is 0 Å². The SMILES string of the molecule is CCNC(C)N1[C@@H]2CC[C@H]1C[C@@H](CC(C)(C)C)C2. The van der Waals surface area contributed by atoms with Crippen LogP contribution in [0.3, 0.4) is 0 Å². The van der Waals surface area contributed by atoms with Gasteiger partial charge in [0.1, 0.15) is 0 Å². The lowest BCUT2D eigenvalue weighted by atomic mass is 9.78. The summed E-state index contributed by atoms with van der Waals surface area (Å²) >= 11 is 0. The fraction of sp³-hybridized carbons (Fsp3) is 1.00. The van der Waals surface area contributed by atoms with Gasteiger partial charge < -0.3 is 5.32 Å². The molecule has 2 bridgehead atoms. The minimum absolute atomic E-state index is 0.500. The summed E-state index contributed by atoms with van der Waals surface area (Å²) in [5.74, 6) is 0.965. The van der Waals surface area contributed by atoms with E-state index in [2.05, 4.69) is 44.8 Å². The van der Waals surface area contributed by atoms with Gasteiger partial charge in [0.15, 0.2) is 0 Å². The normalized spacial score (nSPS) is 34.8. The zero-order valence-electron chi connectivity index (χ0n) is 13.0. The second-order valence-corrected chi connectivity index (χ2v) is 7.67. The van der Waals surface area contributed by atoms with Crippen LogP contribution in [0.1, 0.15) is 66.7 Å². The molecule has 0 saturated carbocycles. The van der Waals surface area contributed by atoms with Gasteiger partial charge in [-0.05, 0) is 56.9 Å². The van der Waals surface area contributed by atoms with E-state index in [-0.39, 0.29) is 0 Å². The van der Waals surface area contributed by atoms with E-state index in [0.29, 0.717) is 11.6 Å². The summed E-state index contributed by atoms with van der Waals surface area (Å²) in [7, 11) is 0. The molecule has 2 rings (SSSR count). The van der Waals surface area contributed by atoms with Crippen molar-refractivity contribution in [3.8, 4) is 0 Å². The topological polar surface area (TPSA) is 15.3 Å². The van der Waals surface area contributed by atoms with Gasteiger partial charge in [-0.3, -0.25) is 4.90 Å². The van der Waals surface area contributed by atoms with Crippen molar-refractivity contribution >= 4 is 0 Å². The van der Waals surface area contributed by atoms with Crippen LogP contribution in [0, 0.1) is 11.3 Å². The van der Waals surface area contributed by atoms with Crippen molar-refractivity contribution in [2.75, 3.05) is 6.54 Å². The Hall–Kier alpha value is -0.0800. The number of fused-ring (bicyclic) bond motifs is 2. The minimum Gasteiger partial charge on any atom is -0.302 e. The minimum atomic E-state index is 0.500. The van der Waals surface area contributed by atoms with Crippen LogP contribution in [0.25, 0.3) is 0 Å². The molecule has 2 aliphatic heterocycles. The molecule has 106 valence electrons. The van der Waals surface area contributed by atoms with Gasteiger partial charge in [0.25, 0.3) is 0 Å². The highest BCUT2D eigenvalue weighted by atomic mass is 15.3. The van der Waals surface area contributed by atoms with E-state index >= 15 is 0 Å². The number of hydrogen-bond acceptors (Lipinski definition) is 2. The first-order valence-electron chi connectivity index (χ1n) is 7.91. The van der Waals surface area contributed by atoms with Crippen LogP contribution in [0.2, 0.25) is 0 Å². The van der Waals surface area contributed by atoms with E-state index in [0.717, 1.165) is 24.5 Å². The highest BCUT2D eigenvalue weighted by Gasteiger charge is 2.43. The number of rotatable bonds is 4. The Balaban J connectivity index is 1.94. The van der Waals surface area contributed by atoms with Crippen molar-refractivity contribution in [1.29, 1.82) is 0 Å². The van der Waals surface area contributed by atoms with E-state index in [4.69, 9.17) is 0 Å². The zero-order valence-corrected chi connectivity index (χ0v) is 13.0. The maximum absolute atomic E-state index is 3.61. The predicted octanol–water partition coefficient (Wildman–Crippen LogP) is 3.62. The third kappa shape index (κ3) is 3.27. The van der Waals surface area contributed by atoms with Crippen molar-refractivity contribution < 1.29 is 0 Å². The molecule has 4 atom stereocenters. The molecule has 2 heteroatoms. The Morgan fingerprint density at radius 3 is 2.17 bits per heavy atom. The van der Waals surface area contributed by atoms with E-state index in [1.807, 2.05) is 0 Å². The monoisotopic (exact) mass is 252 g/mol. The molecule has 2 nitrogen and oxygen atoms in total.